The van der Waals surface area contributed by atoms with Crippen molar-refractivity contribution in [3.05, 3.63) is 100 Å². The van der Waals surface area contributed by atoms with E-state index in [1.54, 1.807) is 18.2 Å². The Labute approximate surface area is 244 Å². The Bertz CT molecular complexity index is 1420. The Morgan fingerprint density at radius 3 is 2.08 bits per heavy atom. The van der Waals surface area contributed by atoms with Gasteiger partial charge in [-0.15, -0.1) is 0 Å². The van der Waals surface area contributed by atoms with E-state index in [9.17, 15) is 13.2 Å². The molecule has 210 valence electrons. The highest BCUT2D eigenvalue weighted by Crippen LogP contribution is 2.55. The summed E-state index contributed by atoms with van der Waals surface area (Å²) in [6, 6.07) is 25.5. The number of esters is 1. The summed E-state index contributed by atoms with van der Waals surface area (Å²) >= 11 is 3.47. The summed E-state index contributed by atoms with van der Waals surface area (Å²) in [5.74, 6) is -1.41. The molecular weight excluding hydrogens is 592 g/mol. The van der Waals surface area contributed by atoms with Gasteiger partial charge in [-0.05, 0) is 76.4 Å². The van der Waals surface area contributed by atoms with Gasteiger partial charge in [-0.1, -0.05) is 66.7 Å². The minimum atomic E-state index is -3.35. The number of hydrogen-bond acceptors (Lipinski definition) is 6. The fourth-order valence-electron chi connectivity index (χ4n) is 6.23. The van der Waals surface area contributed by atoms with Crippen molar-refractivity contribution in [1.82, 2.24) is 0 Å². The van der Waals surface area contributed by atoms with Gasteiger partial charge in [0, 0.05) is 17.3 Å². The van der Waals surface area contributed by atoms with Gasteiger partial charge in [-0.2, -0.15) is 0 Å². The Kier molecular flexibility index (Phi) is 7.63. The Morgan fingerprint density at radius 1 is 0.950 bits per heavy atom. The van der Waals surface area contributed by atoms with Gasteiger partial charge < -0.3 is 14.2 Å². The monoisotopic (exact) mass is 624 g/mol. The fraction of sp³-hybridized carbons (Fsp3) is 0.406. The molecule has 1 aliphatic heterocycles. The second kappa shape index (κ2) is 11.0. The third-order valence-electron chi connectivity index (χ3n) is 8.43. The zero-order chi connectivity index (χ0) is 27.9. The van der Waals surface area contributed by atoms with Crippen LogP contribution in [0.2, 0.25) is 0 Å². The van der Waals surface area contributed by atoms with Gasteiger partial charge in [-0.3, -0.25) is 4.79 Å². The van der Waals surface area contributed by atoms with E-state index in [0.717, 1.165) is 29.5 Å². The van der Waals surface area contributed by atoms with Crippen molar-refractivity contribution < 1.29 is 27.4 Å². The van der Waals surface area contributed by atoms with Crippen molar-refractivity contribution in [3.8, 4) is 0 Å². The van der Waals surface area contributed by atoms with Crippen molar-refractivity contribution in [3.63, 3.8) is 0 Å². The van der Waals surface area contributed by atoms with Crippen molar-refractivity contribution >= 4 is 31.7 Å². The van der Waals surface area contributed by atoms with Crippen LogP contribution in [-0.2, 0) is 28.8 Å². The topological polar surface area (TPSA) is 78.9 Å². The molecule has 3 fully saturated rings. The summed E-state index contributed by atoms with van der Waals surface area (Å²) in [6.07, 6.45) is 3.77. The molecule has 4 atom stereocenters. The summed E-state index contributed by atoms with van der Waals surface area (Å²) in [4.78, 5) is 13.3. The van der Waals surface area contributed by atoms with Gasteiger partial charge in [0.1, 0.15) is 12.2 Å². The van der Waals surface area contributed by atoms with E-state index in [4.69, 9.17) is 14.2 Å². The van der Waals surface area contributed by atoms with Crippen LogP contribution in [0.25, 0.3) is 0 Å². The van der Waals surface area contributed by atoms with Gasteiger partial charge in [0.25, 0.3) is 0 Å². The average Bonchev–Trinajstić information content (AvgIpc) is 3.68. The molecule has 0 radical (unpaired) electrons. The number of halogens is 1. The van der Waals surface area contributed by atoms with Crippen LogP contribution in [-0.4, -0.2) is 32.5 Å². The summed E-state index contributed by atoms with van der Waals surface area (Å²) in [5, 5.41) is -0.299. The number of sulfone groups is 1. The summed E-state index contributed by atoms with van der Waals surface area (Å²) in [6.45, 7) is 0. The van der Waals surface area contributed by atoms with Crippen molar-refractivity contribution in [2.45, 2.75) is 72.6 Å². The molecule has 1 spiro atoms. The average molecular weight is 626 g/mol. The SMILES string of the molecule is COC(=O)C(C[C@H]1CCC2(C1)O[C@H](c1ccccc1)[C@@H](c1ccccc1)O2)c1ccc(S(=O)(=O)C2CC2)c(Br)c1. The summed E-state index contributed by atoms with van der Waals surface area (Å²) < 4.78 is 44.8. The highest BCUT2D eigenvalue weighted by molar-refractivity contribution is 9.10. The van der Waals surface area contributed by atoms with Crippen LogP contribution >= 0.6 is 15.9 Å². The number of rotatable bonds is 8. The predicted molar refractivity (Wildman–Crippen MR) is 154 cm³/mol. The minimum Gasteiger partial charge on any atom is -0.469 e. The molecule has 1 saturated heterocycles. The van der Waals surface area contributed by atoms with Gasteiger partial charge in [0.2, 0.25) is 0 Å². The second-order valence-corrected chi connectivity index (χ2v) is 14.2. The van der Waals surface area contributed by atoms with Gasteiger partial charge in [0.05, 0.1) is 23.2 Å². The standard InChI is InChI=1S/C32H33BrO6S/c1-37-31(34)26(24-12-15-28(27(33)19-24)40(35,36)25-13-14-25)18-21-16-17-32(20-21)38-29(22-8-4-2-5-9-22)30(39-32)23-10-6-3-7-11-23/h2-12,15,19,21,25-26,29-30H,13-14,16-18,20H2,1H3/t21-,26?,29-,30-/m1/s1. The van der Waals surface area contributed by atoms with Crippen LogP contribution in [0.1, 0.15) is 73.3 Å². The Balaban J connectivity index is 1.22. The molecular formula is C32H33BrO6S. The number of ether oxygens (including phenoxy) is 3. The second-order valence-electron chi connectivity index (χ2n) is 11.2. The number of carbonyl (C=O) groups is 1. The molecule has 3 aromatic carbocycles. The van der Waals surface area contributed by atoms with E-state index in [1.165, 1.54) is 7.11 Å². The van der Waals surface area contributed by atoms with E-state index in [1.807, 2.05) is 36.4 Å². The first-order valence-electron chi connectivity index (χ1n) is 13.9. The lowest BCUT2D eigenvalue weighted by Gasteiger charge is -2.24. The van der Waals surface area contributed by atoms with Crippen LogP contribution in [0.15, 0.2) is 88.2 Å². The number of carbonyl (C=O) groups excluding carboxylic acids is 1. The molecule has 40 heavy (non-hydrogen) atoms. The molecule has 0 aromatic heterocycles. The Morgan fingerprint density at radius 2 is 1.55 bits per heavy atom. The van der Waals surface area contributed by atoms with Crippen molar-refractivity contribution in [2.75, 3.05) is 7.11 Å². The molecule has 1 heterocycles. The maximum absolute atomic E-state index is 13.0. The largest absolute Gasteiger partial charge is 0.469 e. The van der Waals surface area contributed by atoms with E-state index >= 15 is 0 Å². The molecule has 0 N–H and O–H groups in total. The molecule has 2 aliphatic carbocycles. The molecule has 0 bridgehead atoms. The number of benzene rings is 3. The van der Waals surface area contributed by atoms with Crippen LogP contribution in [0.3, 0.4) is 0 Å². The maximum atomic E-state index is 13.0. The minimum absolute atomic E-state index is 0.170. The lowest BCUT2D eigenvalue weighted by atomic mass is 9.88. The molecule has 6 nitrogen and oxygen atoms in total. The summed E-state index contributed by atoms with van der Waals surface area (Å²) in [7, 11) is -1.96. The highest BCUT2D eigenvalue weighted by Gasteiger charge is 2.53. The van der Waals surface area contributed by atoms with Crippen molar-refractivity contribution in [1.29, 1.82) is 0 Å². The fourth-order valence-corrected chi connectivity index (χ4v) is 9.01. The number of hydrogen-bond donors (Lipinski definition) is 0. The first-order valence-corrected chi connectivity index (χ1v) is 16.2. The van der Waals surface area contributed by atoms with E-state index in [0.29, 0.717) is 30.2 Å². The normalized spacial score (nSPS) is 24.7. The molecule has 1 unspecified atom stereocenters. The van der Waals surface area contributed by atoms with E-state index in [-0.39, 0.29) is 34.2 Å². The molecule has 3 aromatic rings. The summed E-state index contributed by atoms with van der Waals surface area (Å²) in [5.41, 5.74) is 2.90. The van der Waals surface area contributed by atoms with Crippen LogP contribution < -0.4 is 0 Å². The molecule has 8 heteroatoms. The zero-order valence-electron chi connectivity index (χ0n) is 22.4. The molecule has 3 aliphatic rings. The third kappa shape index (κ3) is 5.39. The molecule has 2 saturated carbocycles. The first kappa shape index (κ1) is 27.6. The Hall–Kier alpha value is -2.52. The predicted octanol–water partition coefficient (Wildman–Crippen LogP) is 7.06. The smallest absolute Gasteiger partial charge is 0.313 e. The lowest BCUT2D eigenvalue weighted by Crippen LogP contribution is -2.27. The highest BCUT2D eigenvalue weighted by atomic mass is 79.9. The van der Waals surface area contributed by atoms with Crippen LogP contribution in [0.4, 0.5) is 0 Å². The molecule has 0 amide bonds. The molecule has 6 rings (SSSR count). The van der Waals surface area contributed by atoms with Crippen LogP contribution in [0.5, 0.6) is 0 Å². The lowest BCUT2D eigenvalue weighted by molar-refractivity contribution is -0.173. The van der Waals surface area contributed by atoms with E-state index < -0.39 is 21.5 Å². The van der Waals surface area contributed by atoms with Gasteiger partial charge in [0.15, 0.2) is 15.6 Å². The third-order valence-corrected chi connectivity index (χ3v) is 11.7. The number of methoxy groups -OCH3 is 1. The van der Waals surface area contributed by atoms with Gasteiger partial charge in [-0.25, -0.2) is 8.42 Å². The van der Waals surface area contributed by atoms with Gasteiger partial charge >= 0.3 is 5.97 Å². The zero-order valence-corrected chi connectivity index (χ0v) is 24.8. The maximum Gasteiger partial charge on any atom is 0.313 e. The van der Waals surface area contributed by atoms with Crippen molar-refractivity contribution in [2.24, 2.45) is 5.92 Å². The first-order chi connectivity index (χ1) is 19.3. The quantitative estimate of drug-likeness (QED) is 0.250. The van der Waals surface area contributed by atoms with Crippen LogP contribution in [0, 0.1) is 5.92 Å². The van der Waals surface area contributed by atoms with E-state index in [2.05, 4.69) is 40.2 Å².